The van der Waals surface area contributed by atoms with Crippen molar-refractivity contribution in [3.05, 3.63) is 11.3 Å². The smallest absolute Gasteiger partial charge is 0.341 e. The van der Waals surface area contributed by atoms with Crippen molar-refractivity contribution in [3.8, 4) is 0 Å². The third-order valence-corrected chi connectivity index (χ3v) is 2.51. The number of aryl methyl sites for hydroxylation is 2. The first-order valence-electron chi connectivity index (χ1n) is 5.58. The van der Waals surface area contributed by atoms with Crippen molar-refractivity contribution in [1.29, 1.82) is 0 Å². The van der Waals surface area contributed by atoms with Crippen LogP contribution in [0.1, 0.15) is 42.2 Å². The van der Waals surface area contributed by atoms with Crippen molar-refractivity contribution < 1.29 is 9.90 Å². The van der Waals surface area contributed by atoms with Crippen molar-refractivity contribution in [2.75, 3.05) is 11.9 Å². The predicted octanol–water partition coefficient (Wildman–Crippen LogP) is 2.03. The number of rotatable bonds is 6. The van der Waals surface area contributed by atoms with Crippen molar-refractivity contribution in [2.45, 2.75) is 33.1 Å². The van der Waals surface area contributed by atoms with Crippen LogP contribution in [0.4, 0.5) is 5.82 Å². The number of hydrogen-bond donors (Lipinski definition) is 2. The topological polar surface area (TPSA) is 67.2 Å². The lowest BCUT2D eigenvalue weighted by Crippen LogP contribution is -2.10. The highest BCUT2D eigenvalue weighted by atomic mass is 16.4. The monoisotopic (exact) mass is 225 g/mol. The molecule has 0 fully saturated rings. The molecule has 16 heavy (non-hydrogen) atoms. The highest BCUT2D eigenvalue weighted by Gasteiger charge is 2.18. The molecule has 0 atom stereocenters. The fourth-order valence-corrected chi connectivity index (χ4v) is 1.70. The molecule has 0 aromatic carbocycles. The largest absolute Gasteiger partial charge is 0.477 e. The van der Waals surface area contributed by atoms with Gasteiger partial charge >= 0.3 is 5.97 Å². The van der Waals surface area contributed by atoms with E-state index in [4.69, 9.17) is 5.11 Å². The van der Waals surface area contributed by atoms with Crippen LogP contribution in [-0.2, 0) is 7.05 Å². The average molecular weight is 225 g/mol. The fourth-order valence-electron chi connectivity index (χ4n) is 1.70. The number of anilines is 1. The Morgan fingerprint density at radius 1 is 1.50 bits per heavy atom. The first-order chi connectivity index (χ1) is 7.57. The molecule has 1 aromatic heterocycles. The zero-order valence-corrected chi connectivity index (χ0v) is 10.1. The standard InChI is InChI=1S/C11H19N3O2/c1-4-5-6-7-12-10-9(11(15)16)8(2)13-14(10)3/h12H,4-7H2,1-3H3,(H,15,16). The van der Waals surface area contributed by atoms with Crippen LogP contribution in [-0.4, -0.2) is 27.4 Å². The van der Waals surface area contributed by atoms with E-state index in [0.29, 0.717) is 11.5 Å². The Morgan fingerprint density at radius 3 is 2.75 bits per heavy atom. The van der Waals surface area contributed by atoms with E-state index in [1.807, 2.05) is 0 Å². The van der Waals surface area contributed by atoms with Crippen LogP contribution in [0, 0.1) is 6.92 Å². The summed E-state index contributed by atoms with van der Waals surface area (Å²) in [5.74, 6) is -0.329. The molecule has 1 rings (SSSR count). The molecule has 5 nitrogen and oxygen atoms in total. The van der Waals surface area contributed by atoms with E-state index < -0.39 is 5.97 Å². The first kappa shape index (κ1) is 12.5. The Labute approximate surface area is 95.5 Å². The number of carboxylic acid groups (broad SMARTS) is 1. The van der Waals surface area contributed by atoms with Crippen LogP contribution >= 0.6 is 0 Å². The highest BCUT2D eigenvalue weighted by Crippen LogP contribution is 2.18. The molecule has 0 bridgehead atoms. The van der Waals surface area contributed by atoms with Crippen LogP contribution in [0.25, 0.3) is 0 Å². The van der Waals surface area contributed by atoms with Gasteiger partial charge < -0.3 is 10.4 Å². The van der Waals surface area contributed by atoms with Gasteiger partial charge in [0, 0.05) is 13.6 Å². The van der Waals surface area contributed by atoms with Gasteiger partial charge in [0.2, 0.25) is 0 Å². The van der Waals surface area contributed by atoms with E-state index in [0.717, 1.165) is 25.8 Å². The lowest BCUT2D eigenvalue weighted by molar-refractivity contribution is 0.0697. The molecule has 0 aliphatic carbocycles. The molecular formula is C11H19N3O2. The molecule has 0 aliphatic heterocycles. The maximum absolute atomic E-state index is 11.1. The number of carboxylic acids is 1. The Morgan fingerprint density at radius 2 is 2.19 bits per heavy atom. The Hall–Kier alpha value is -1.52. The molecule has 0 aliphatic rings. The second-order valence-electron chi connectivity index (χ2n) is 3.87. The molecule has 1 heterocycles. The van der Waals surface area contributed by atoms with Crippen molar-refractivity contribution in [2.24, 2.45) is 7.05 Å². The van der Waals surface area contributed by atoms with Gasteiger partial charge in [-0.2, -0.15) is 5.10 Å². The summed E-state index contributed by atoms with van der Waals surface area (Å²) < 4.78 is 1.59. The average Bonchev–Trinajstić information content (AvgIpc) is 2.48. The van der Waals surface area contributed by atoms with Gasteiger partial charge in [0.1, 0.15) is 11.4 Å². The molecule has 0 spiro atoms. The molecule has 90 valence electrons. The van der Waals surface area contributed by atoms with E-state index in [1.54, 1.807) is 18.7 Å². The maximum Gasteiger partial charge on any atom is 0.341 e. The lowest BCUT2D eigenvalue weighted by Gasteiger charge is -2.07. The number of nitrogens with zero attached hydrogens (tertiary/aromatic N) is 2. The Balaban J connectivity index is 2.74. The highest BCUT2D eigenvalue weighted by molar-refractivity contribution is 5.94. The van der Waals surface area contributed by atoms with Gasteiger partial charge in [-0.25, -0.2) is 4.79 Å². The number of nitrogens with one attached hydrogen (secondary N) is 1. The molecule has 5 heteroatoms. The number of unbranched alkanes of at least 4 members (excludes halogenated alkanes) is 2. The van der Waals surface area contributed by atoms with Gasteiger partial charge in [0.05, 0.1) is 5.69 Å². The quantitative estimate of drug-likeness (QED) is 0.727. The summed E-state index contributed by atoms with van der Waals surface area (Å²) in [5.41, 5.74) is 0.826. The van der Waals surface area contributed by atoms with E-state index in [2.05, 4.69) is 17.3 Å². The summed E-state index contributed by atoms with van der Waals surface area (Å²) in [6, 6.07) is 0. The summed E-state index contributed by atoms with van der Waals surface area (Å²) in [6.45, 7) is 4.63. The molecule has 0 amide bonds. The van der Waals surface area contributed by atoms with Gasteiger partial charge in [-0.15, -0.1) is 0 Å². The minimum absolute atomic E-state index is 0.277. The van der Waals surface area contributed by atoms with Crippen molar-refractivity contribution >= 4 is 11.8 Å². The SMILES string of the molecule is CCCCCNc1c(C(=O)O)c(C)nn1C. The van der Waals surface area contributed by atoms with Crippen LogP contribution in [0.3, 0.4) is 0 Å². The first-order valence-corrected chi connectivity index (χ1v) is 5.58. The Bertz CT molecular complexity index is 372. The van der Waals surface area contributed by atoms with Gasteiger partial charge in [0.15, 0.2) is 0 Å². The predicted molar refractivity (Wildman–Crippen MR) is 62.9 cm³/mol. The van der Waals surface area contributed by atoms with Crippen LogP contribution in [0.5, 0.6) is 0 Å². The third-order valence-electron chi connectivity index (χ3n) is 2.51. The summed E-state index contributed by atoms with van der Waals surface area (Å²) in [7, 11) is 1.75. The minimum atomic E-state index is -0.927. The van der Waals surface area contributed by atoms with E-state index in [9.17, 15) is 4.79 Å². The Kier molecular flexibility index (Phi) is 4.34. The number of aromatic carboxylic acids is 1. The molecule has 0 saturated carbocycles. The van der Waals surface area contributed by atoms with Crippen LogP contribution in [0.15, 0.2) is 0 Å². The molecule has 2 N–H and O–H groups in total. The lowest BCUT2D eigenvalue weighted by atomic mass is 10.2. The van der Waals surface area contributed by atoms with E-state index in [-0.39, 0.29) is 5.56 Å². The second kappa shape index (κ2) is 5.53. The molecular weight excluding hydrogens is 206 g/mol. The summed E-state index contributed by atoms with van der Waals surface area (Å²) in [5, 5.41) is 16.3. The fraction of sp³-hybridized carbons (Fsp3) is 0.636. The zero-order valence-electron chi connectivity index (χ0n) is 10.1. The van der Waals surface area contributed by atoms with E-state index >= 15 is 0 Å². The van der Waals surface area contributed by atoms with Crippen LogP contribution < -0.4 is 5.32 Å². The molecule has 1 aromatic rings. The van der Waals surface area contributed by atoms with Crippen molar-refractivity contribution in [1.82, 2.24) is 9.78 Å². The molecule has 0 unspecified atom stereocenters. The number of hydrogen-bond acceptors (Lipinski definition) is 3. The molecule has 0 radical (unpaired) electrons. The number of aromatic nitrogens is 2. The summed E-state index contributed by atoms with van der Waals surface area (Å²) in [4.78, 5) is 11.1. The minimum Gasteiger partial charge on any atom is -0.477 e. The van der Waals surface area contributed by atoms with E-state index in [1.165, 1.54) is 0 Å². The normalized spacial score (nSPS) is 10.4. The van der Waals surface area contributed by atoms with Crippen LogP contribution in [0.2, 0.25) is 0 Å². The third kappa shape index (κ3) is 2.74. The summed E-state index contributed by atoms with van der Waals surface area (Å²) >= 11 is 0. The maximum atomic E-state index is 11.1. The van der Waals surface area contributed by atoms with Gasteiger partial charge in [0.25, 0.3) is 0 Å². The second-order valence-corrected chi connectivity index (χ2v) is 3.87. The van der Waals surface area contributed by atoms with Crippen molar-refractivity contribution in [3.63, 3.8) is 0 Å². The zero-order chi connectivity index (χ0) is 12.1. The van der Waals surface area contributed by atoms with Gasteiger partial charge in [-0.3, -0.25) is 4.68 Å². The summed E-state index contributed by atoms with van der Waals surface area (Å²) in [6.07, 6.45) is 3.34. The van der Waals surface area contributed by atoms with Gasteiger partial charge in [-0.1, -0.05) is 19.8 Å². The number of carbonyl (C=O) groups is 1. The van der Waals surface area contributed by atoms with Gasteiger partial charge in [-0.05, 0) is 13.3 Å². The molecule has 0 saturated heterocycles.